The first-order valence-corrected chi connectivity index (χ1v) is 44.2. The molecule has 3 aromatic carbocycles. The van der Waals surface area contributed by atoms with E-state index >= 15 is 28.8 Å². The van der Waals surface area contributed by atoms with E-state index < -0.39 is 286 Å². The second-order valence-corrected chi connectivity index (χ2v) is 33.7. The molecule has 5 aromatic rings. The maximum absolute atomic E-state index is 15.6. The Kier molecular flexibility index (Phi) is 38.5. The number of nitrogens with zero attached hydrogens (tertiary/aromatic N) is 5. The van der Waals surface area contributed by atoms with Crippen molar-refractivity contribution in [2.75, 3.05) is 65.5 Å². The van der Waals surface area contributed by atoms with Crippen LogP contribution in [0.15, 0.2) is 85.2 Å². The number of nitrogens with two attached hydrogens (primary N) is 2. The van der Waals surface area contributed by atoms with Crippen molar-refractivity contribution in [3.05, 3.63) is 102 Å². The molecule has 3 saturated heterocycles. The number of aromatic nitrogens is 2. The van der Waals surface area contributed by atoms with Gasteiger partial charge in [0.25, 0.3) is 0 Å². The average Bonchev–Trinajstić information content (AvgIpc) is 1.80. The highest BCUT2D eigenvalue weighted by Gasteiger charge is 2.47. The zero-order chi connectivity index (χ0) is 96.2. The minimum atomic E-state index is -1.99. The molecular weight excluding hydrogens is 1730 g/mol. The molecule has 44 nitrogen and oxygen atoms in total. The summed E-state index contributed by atoms with van der Waals surface area (Å²) in [5.74, 6) is -22.5. The molecule has 17 amide bonds. The summed E-state index contributed by atoms with van der Waals surface area (Å²) < 4.78 is 0. The second kappa shape index (κ2) is 48.9. The number of phenolic OH excluding ortho intramolecular Hbond substituents is 1. The number of rotatable bonds is 25. The van der Waals surface area contributed by atoms with Gasteiger partial charge in [0.1, 0.15) is 90.3 Å². The van der Waals surface area contributed by atoms with E-state index in [9.17, 15) is 93.0 Å². The van der Waals surface area contributed by atoms with Crippen molar-refractivity contribution in [3.8, 4) is 5.75 Å². The second-order valence-electron chi connectivity index (χ2n) is 32.6. The summed E-state index contributed by atoms with van der Waals surface area (Å²) in [6.07, 6.45) is -2.62. The number of carbonyl (C=O) groups excluding carboxylic acids is 17. The van der Waals surface area contributed by atoms with Gasteiger partial charge in [0.15, 0.2) is 0 Å². The first-order chi connectivity index (χ1) is 62.3. The van der Waals surface area contributed by atoms with Crippen LogP contribution in [0, 0.1) is 0 Å². The smallest absolute Gasteiger partial charge is 0.303 e. The molecule has 0 aliphatic carbocycles. The van der Waals surface area contributed by atoms with Gasteiger partial charge in [-0.3, -0.25) is 91.1 Å². The normalized spacial score (nSPS) is 25.1. The van der Waals surface area contributed by atoms with Gasteiger partial charge >= 0.3 is 11.9 Å². The molecule has 45 heteroatoms. The Bertz CT molecular complexity index is 4990. The van der Waals surface area contributed by atoms with Crippen LogP contribution >= 0.6 is 11.8 Å². The number of aromatic hydroxyl groups is 1. The van der Waals surface area contributed by atoms with Gasteiger partial charge in [0.2, 0.25) is 100 Å². The van der Waals surface area contributed by atoms with E-state index in [4.69, 9.17) is 11.5 Å². The molecule has 2 aromatic heterocycles. The van der Waals surface area contributed by atoms with Crippen LogP contribution in [0.5, 0.6) is 5.75 Å². The summed E-state index contributed by atoms with van der Waals surface area (Å²) in [4.78, 5) is 282. The number of likely N-dealkylation sites (N-methyl/N-ethyl adjacent to an activating group) is 3. The molecule has 0 radical (unpaired) electrons. The van der Waals surface area contributed by atoms with Crippen molar-refractivity contribution in [2.45, 2.75) is 221 Å². The van der Waals surface area contributed by atoms with Gasteiger partial charge in [-0.2, -0.15) is 0 Å². The zero-order valence-electron chi connectivity index (χ0n) is 73.5. The minimum Gasteiger partial charge on any atom is -0.508 e. The van der Waals surface area contributed by atoms with Gasteiger partial charge in [-0.15, -0.1) is 11.8 Å². The highest BCUT2D eigenvalue weighted by atomic mass is 32.2. The molecule has 131 heavy (non-hydrogen) atoms. The molecule has 3 aliphatic heterocycles. The number of benzene rings is 3. The maximum atomic E-state index is 15.6. The van der Waals surface area contributed by atoms with Gasteiger partial charge in [0, 0.05) is 113 Å². The summed E-state index contributed by atoms with van der Waals surface area (Å²) in [5.41, 5.74) is 13.4. The molecule has 3 fully saturated rings. The molecule has 0 spiro atoms. The van der Waals surface area contributed by atoms with Gasteiger partial charge < -0.3 is 130 Å². The van der Waals surface area contributed by atoms with Crippen LogP contribution in [0.4, 0.5) is 0 Å². The monoisotopic (exact) mass is 1850 g/mol. The third kappa shape index (κ3) is 28.6. The number of aromatic amines is 2. The Balaban J connectivity index is 1.19. The number of para-hydroxylation sites is 2. The molecule has 712 valence electrons. The van der Waals surface area contributed by atoms with Crippen molar-refractivity contribution < 1.29 is 122 Å². The van der Waals surface area contributed by atoms with Crippen molar-refractivity contribution >= 4 is 146 Å². The number of aliphatic hydroxyl groups excluding tert-OH is 3. The number of carbonyl (C=O) groups is 19. The number of carboxylic acid groups (broad SMARTS) is 2. The summed E-state index contributed by atoms with van der Waals surface area (Å²) in [6.45, 7) is 0.779. The number of hydrogen-bond donors (Lipinski definition) is 20. The lowest BCUT2D eigenvalue weighted by atomic mass is 10.00. The standard InChI is InChI=1S/C86H117N19O25S/c1-7-9-20-64-79(123)93-55(27-29-71(113)114)75(119)100-63(74(118)91-39-69(88)111)43-131-44-70(112)92-58(32-46-23-25-49(108)26-24-46)82(126)101(4)45(3)73(117)96-60(36-68(87)110)85(129)104-31-15-22-65(104)80(124)99-62(42-107)77(121)94-56(28-30-72(115)116)84(128)105-40-50(109)35-67(105)81(125)95-57(33-47-37-89-53-18-13-11-16-51(47)53)76(120)98-61(41-106)78(122)97-59(34-48-38-90-54-19-14-12-17-52(48)54)83(127)103(6)66(21-10-8-2)86(130)102(64)5/h11-14,16-19,23-26,37-38,45,50,55-67,89-90,106-109H,7-10,15,20-22,27-36,39-44H2,1-6H3,(H2,87,110)(H2,88,111)(H,91,118)(H,92,112)(H,93,123)(H,94,121)(H,95,125)(H,96,117)(H,97,122)(H,98,120)(H,99,124)(H,100,119)(H,113,114)(H,115,116)/t45-,50+,55-,56-,57-,58-,59-,60-,61-,62-,63-,64-,65-,66-,67-/m0/s1. The number of aliphatic hydroxyl groups is 3. The molecule has 0 bridgehead atoms. The van der Waals surface area contributed by atoms with Crippen LogP contribution in [0.2, 0.25) is 0 Å². The SMILES string of the molecule is CCCC[C@H]1C(=O)N(C)[C@@H](CCCC)C(=O)N[C@@H](CCC(=O)O)C(=O)N[C@H](C(=O)NCC(N)=O)CSCC(=O)N[C@@H](Cc2ccc(O)cc2)C(=O)N(C)[C@@H](C)C(=O)N[C@@H](CC(N)=O)C(=O)N2CCC[C@H]2C(=O)N[C@@H](CO)C(=O)N[C@@H](CCC(=O)O)C(=O)N2C[C@H](O)C[C@H]2C(=O)N[C@@H](Cc2c[nH]c3ccccc23)C(=O)N[C@@H](CO)C(=O)N[C@@H](Cc2c[nH]c3ccccc23)C(=O)N1C. The summed E-state index contributed by atoms with van der Waals surface area (Å²) in [6, 6.07) is -4.86. The van der Waals surface area contributed by atoms with Crippen molar-refractivity contribution in [1.29, 1.82) is 0 Å². The number of H-pyrrole nitrogens is 2. The number of hydrogen-bond acceptors (Lipinski definition) is 24. The lowest BCUT2D eigenvalue weighted by molar-refractivity contribution is -0.149. The molecule has 3 aliphatic rings. The zero-order valence-corrected chi connectivity index (χ0v) is 74.3. The van der Waals surface area contributed by atoms with E-state index in [1.165, 1.54) is 51.5 Å². The number of thioether (sulfide) groups is 1. The van der Waals surface area contributed by atoms with Crippen molar-refractivity contribution in [1.82, 2.24) is 87.6 Å². The Labute approximate surface area is 757 Å². The van der Waals surface area contributed by atoms with E-state index in [1.54, 1.807) is 68.6 Å². The predicted octanol–water partition coefficient (Wildman–Crippen LogP) is -4.48. The predicted molar refractivity (Wildman–Crippen MR) is 470 cm³/mol. The molecule has 5 heterocycles. The third-order valence-corrected chi connectivity index (χ3v) is 24.2. The maximum Gasteiger partial charge on any atom is 0.303 e. The largest absolute Gasteiger partial charge is 0.508 e. The fourth-order valence-electron chi connectivity index (χ4n) is 15.7. The van der Waals surface area contributed by atoms with E-state index in [-0.39, 0.29) is 63.7 Å². The molecular formula is C86H117N19O25S. The minimum absolute atomic E-state index is 0.0691. The number of carboxylic acids is 2. The van der Waals surface area contributed by atoms with E-state index in [0.29, 0.717) is 63.1 Å². The van der Waals surface area contributed by atoms with Crippen LogP contribution in [0.25, 0.3) is 21.8 Å². The number of aliphatic carboxylic acids is 2. The average molecular weight is 1850 g/mol. The fourth-order valence-corrected chi connectivity index (χ4v) is 16.6. The van der Waals surface area contributed by atoms with Crippen LogP contribution in [-0.4, -0.2) is 334 Å². The highest BCUT2D eigenvalue weighted by Crippen LogP contribution is 2.28. The number of amides is 17. The Hall–Kier alpha value is -13.3. The molecule has 0 saturated carbocycles. The van der Waals surface area contributed by atoms with E-state index in [0.717, 1.165) is 31.5 Å². The van der Waals surface area contributed by atoms with E-state index in [2.05, 4.69) is 63.1 Å². The highest BCUT2D eigenvalue weighted by molar-refractivity contribution is 8.00. The molecule has 8 rings (SSSR count). The van der Waals surface area contributed by atoms with Crippen molar-refractivity contribution in [2.24, 2.45) is 11.5 Å². The van der Waals surface area contributed by atoms with Crippen molar-refractivity contribution in [3.63, 3.8) is 0 Å². The van der Waals surface area contributed by atoms with Crippen LogP contribution in [0.3, 0.4) is 0 Å². The topological polar surface area (TPSA) is 666 Å². The Morgan fingerprint density at radius 1 is 0.496 bits per heavy atom. The number of nitrogens with one attached hydrogen (secondary N) is 12. The first kappa shape index (κ1) is 103. The summed E-state index contributed by atoms with van der Waals surface area (Å²) >= 11 is 0.684. The number of unbranched alkanes of at least 4 members (excludes halogenated alkanes) is 2. The lowest BCUT2D eigenvalue weighted by Crippen LogP contribution is -2.62. The van der Waals surface area contributed by atoms with Crippen LogP contribution < -0.4 is 64.6 Å². The van der Waals surface area contributed by atoms with Crippen LogP contribution in [-0.2, 0) is 110 Å². The van der Waals surface area contributed by atoms with Gasteiger partial charge in [0.05, 0.1) is 38.0 Å². The Morgan fingerprint density at radius 2 is 0.977 bits per heavy atom. The number of fused-ring (bicyclic) bond motifs is 4. The van der Waals surface area contributed by atoms with Gasteiger partial charge in [-0.1, -0.05) is 88.1 Å². The summed E-state index contributed by atoms with van der Waals surface area (Å²) in [7, 11) is 3.71. The van der Waals surface area contributed by atoms with Gasteiger partial charge in [-0.25, -0.2) is 0 Å². The molecule has 22 N–H and O–H groups in total. The van der Waals surface area contributed by atoms with Gasteiger partial charge in [-0.05, 0) is 86.4 Å². The van der Waals surface area contributed by atoms with E-state index in [1.807, 2.05) is 0 Å². The quantitative estimate of drug-likeness (QED) is 0.0262. The Morgan fingerprint density at radius 3 is 1.55 bits per heavy atom. The molecule has 15 atom stereocenters. The lowest BCUT2D eigenvalue weighted by Gasteiger charge is -2.36. The first-order valence-electron chi connectivity index (χ1n) is 43.0. The fraction of sp³-hybridized carbons (Fsp3) is 0.523. The summed E-state index contributed by atoms with van der Waals surface area (Å²) in [5, 5.41) is 89.1. The number of primary amides is 2. The number of phenols is 1. The molecule has 0 unspecified atom stereocenters. The third-order valence-electron chi connectivity index (χ3n) is 23.1. The van der Waals surface area contributed by atoms with Crippen LogP contribution in [0.1, 0.15) is 127 Å².